The van der Waals surface area contributed by atoms with Gasteiger partial charge in [0.1, 0.15) is 6.04 Å². The van der Waals surface area contributed by atoms with Crippen LogP contribution < -0.4 is 5.32 Å². The molecule has 1 aromatic carbocycles. The van der Waals surface area contributed by atoms with E-state index in [9.17, 15) is 4.79 Å². The van der Waals surface area contributed by atoms with E-state index in [-0.39, 0.29) is 5.97 Å². The minimum Gasteiger partial charge on any atom is -0.468 e. The molecule has 0 saturated heterocycles. The van der Waals surface area contributed by atoms with Gasteiger partial charge in [0, 0.05) is 6.54 Å². The highest BCUT2D eigenvalue weighted by Gasteiger charge is 2.14. The first-order valence-electron chi connectivity index (χ1n) is 6.17. The molecule has 0 amide bonds. The zero-order valence-corrected chi connectivity index (χ0v) is 11.2. The predicted molar refractivity (Wildman–Crippen MR) is 73.1 cm³/mol. The molecule has 3 heteroatoms. The number of esters is 1. The molecule has 1 N–H and O–H groups in total. The molecule has 1 rings (SSSR count). The number of allylic oxidation sites excluding steroid dienone is 1. The maximum atomic E-state index is 11.6. The summed E-state index contributed by atoms with van der Waals surface area (Å²) in [6.45, 7) is 4.78. The van der Waals surface area contributed by atoms with Gasteiger partial charge >= 0.3 is 5.97 Å². The van der Waals surface area contributed by atoms with Gasteiger partial charge in [-0.05, 0) is 11.5 Å². The molecule has 0 unspecified atom stereocenters. The fourth-order valence-electron chi connectivity index (χ4n) is 1.51. The highest BCUT2D eigenvalue weighted by atomic mass is 16.5. The highest BCUT2D eigenvalue weighted by molar-refractivity contribution is 5.77. The smallest absolute Gasteiger partial charge is 0.326 e. The number of hydrogen-bond donors (Lipinski definition) is 1. The van der Waals surface area contributed by atoms with Crippen LogP contribution in [0.3, 0.4) is 0 Å². The van der Waals surface area contributed by atoms with Crippen molar-refractivity contribution in [3.05, 3.63) is 48.0 Å². The second kappa shape index (κ2) is 7.67. The predicted octanol–water partition coefficient (Wildman–Crippen LogP) is 2.53. The molecule has 1 atom stereocenters. The Labute approximate surface area is 109 Å². The molecule has 0 aliphatic carbocycles. The van der Waals surface area contributed by atoms with Gasteiger partial charge in [0.2, 0.25) is 0 Å². The Morgan fingerprint density at radius 1 is 1.28 bits per heavy atom. The van der Waals surface area contributed by atoms with Crippen LogP contribution in [0.25, 0.3) is 0 Å². The van der Waals surface area contributed by atoms with E-state index in [1.165, 1.54) is 7.11 Å². The third-order valence-corrected chi connectivity index (χ3v) is 2.51. The number of benzene rings is 1. The van der Waals surface area contributed by atoms with Crippen molar-refractivity contribution in [1.82, 2.24) is 5.32 Å². The van der Waals surface area contributed by atoms with E-state index in [1.54, 1.807) is 0 Å². The van der Waals surface area contributed by atoms with E-state index < -0.39 is 6.04 Å². The van der Waals surface area contributed by atoms with Crippen LogP contribution >= 0.6 is 0 Å². The lowest BCUT2D eigenvalue weighted by molar-refractivity contribution is -0.141. The molecule has 0 bridgehead atoms. The summed E-state index contributed by atoms with van der Waals surface area (Å²) in [7, 11) is 1.41. The molecule has 1 aromatic rings. The van der Waals surface area contributed by atoms with Crippen molar-refractivity contribution in [1.29, 1.82) is 0 Å². The number of rotatable bonds is 6. The van der Waals surface area contributed by atoms with Gasteiger partial charge < -0.3 is 4.74 Å². The fourth-order valence-corrected chi connectivity index (χ4v) is 1.51. The minimum atomic E-state index is -0.391. The molecule has 3 nitrogen and oxygen atoms in total. The van der Waals surface area contributed by atoms with Crippen molar-refractivity contribution >= 4 is 5.97 Å². The van der Waals surface area contributed by atoms with Crippen molar-refractivity contribution in [3.63, 3.8) is 0 Å². The zero-order valence-electron chi connectivity index (χ0n) is 11.2. The minimum absolute atomic E-state index is 0.261. The number of hydrogen-bond acceptors (Lipinski definition) is 3. The van der Waals surface area contributed by atoms with Gasteiger partial charge in [0.25, 0.3) is 0 Å². The molecule has 0 heterocycles. The van der Waals surface area contributed by atoms with Crippen LogP contribution in [0.2, 0.25) is 0 Å². The van der Waals surface area contributed by atoms with Crippen molar-refractivity contribution < 1.29 is 9.53 Å². The maximum absolute atomic E-state index is 11.6. The Balaban J connectivity index is 2.59. The maximum Gasteiger partial charge on any atom is 0.326 e. The summed E-state index contributed by atoms with van der Waals surface area (Å²) in [4.78, 5) is 11.6. The Kier molecular flexibility index (Phi) is 6.15. The van der Waals surface area contributed by atoms with Crippen LogP contribution in [0.5, 0.6) is 0 Å². The van der Waals surface area contributed by atoms with Gasteiger partial charge in [-0.25, -0.2) is 0 Å². The molecule has 98 valence electrons. The zero-order chi connectivity index (χ0) is 13.4. The lowest BCUT2D eigenvalue weighted by Crippen LogP contribution is -2.35. The van der Waals surface area contributed by atoms with Crippen LogP contribution in [0.1, 0.15) is 19.4 Å². The molecule has 0 aliphatic heterocycles. The summed E-state index contributed by atoms with van der Waals surface area (Å²) in [5.41, 5.74) is 1.14. The third-order valence-electron chi connectivity index (χ3n) is 2.51. The summed E-state index contributed by atoms with van der Waals surface area (Å²) in [6, 6.07) is 9.58. The van der Waals surface area contributed by atoms with E-state index in [4.69, 9.17) is 4.74 Å². The van der Waals surface area contributed by atoms with Gasteiger partial charge in [-0.1, -0.05) is 56.3 Å². The molecule has 0 fully saturated rings. The molecule has 0 radical (unpaired) electrons. The molecule has 0 spiro atoms. The van der Waals surface area contributed by atoms with Gasteiger partial charge in [0.15, 0.2) is 0 Å². The Morgan fingerprint density at radius 2 is 1.94 bits per heavy atom. The van der Waals surface area contributed by atoms with Crippen LogP contribution in [0.15, 0.2) is 42.5 Å². The van der Waals surface area contributed by atoms with Gasteiger partial charge in [-0.2, -0.15) is 0 Å². The van der Waals surface area contributed by atoms with E-state index in [0.29, 0.717) is 12.5 Å². The lowest BCUT2D eigenvalue weighted by Gasteiger charge is -2.13. The highest BCUT2D eigenvalue weighted by Crippen LogP contribution is 2.02. The Hall–Kier alpha value is -1.61. The largest absolute Gasteiger partial charge is 0.468 e. The average Bonchev–Trinajstić information content (AvgIpc) is 2.39. The molecule has 0 aromatic heterocycles. The average molecular weight is 247 g/mol. The van der Waals surface area contributed by atoms with Crippen LogP contribution in [-0.4, -0.2) is 19.1 Å². The van der Waals surface area contributed by atoms with E-state index in [1.807, 2.05) is 42.5 Å². The summed E-state index contributed by atoms with van der Waals surface area (Å²) < 4.78 is 4.78. The van der Waals surface area contributed by atoms with Crippen molar-refractivity contribution in [2.24, 2.45) is 5.92 Å². The molecule has 18 heavy (non-hydrogen) atoms. The van der Waals surface area contributed by atoms with Crippen LogP contribution in [0.4, 0.5) is 0 Å². The summed E-state index contributed by atoms with van der Waals surface area (Å²) in [5.74, 6) is 0.151. The molecular formula is C15H21NO2. The summed E-state index contributed by atoms with van der Waals surface area (Å²) >= 11 is 0. The second-order valence-corrected chi connectivity index (χ2v) is 4.50. The second-order valence-electron chi connectivity index (χ2n) is 4.50. The normalized spacial score (nSPS) is 12.9. The summed E-state index contributed by atoms with van der Waals surface area (Å²) in [6.07, 6.45) is 3.86. The van der Waals surface area contributed by atoms with Crippen molar-refractivity contribution in [2.75, 3.05) is 7.11 Å². The van der Waals surface area contributed by atoms with Gasteiger partial charge in [-0.3, -0.25) is 10.1 Å². The molecule has 0 saturated carbocycles. The topological polar surface area (TPSA) is 38.3 Å². The SMILES string of the molecule is COC(=O)[C@@H](/C=C\C(C)C)NCc1ccccc1. The van der Waals surface area contributed by atoms with Crippen molar-refractivity contribution in [3.8, 4) is 0 Å². The van der Waals surface area contributed by atoms with E-state index in [2.05, 4.69) is 19.2 Å². The van der Waals surface area contributed by atoms with E-state index in [0.717, 1.165) is 5.56 Å². The molecule has 0 aliphatic rings. The Bertz CT molecular complexity index is 385. The Morgan fingerprint density at radius 3 is 2.50 bits per heavy atom. The first-order chi connectivity index (χ1) is 8.63. The monoisotopic (exact) mass is 247 g/mol. The quantitative estimate of drug-likeness (QED) is 0.620. The summed E-state index contributed by atoms with van der Waals surface area (Å²) in [5, 5.41) is 3.18. The number of nitrogens with one attached hydrogen (secondary N) is 1. The number of carbonyl (C=O) groups is 1. The van der Waals surface area contributed by atoms with E-state index >= 15 is 0 Å². The van der Waals surface area contributed by atoms with Gasteiger partial charge in [0.05, 0.1) is 7.11 Å². The first-order valence-corrected chi connectivity index (χ1v) is 6.17. The number of carbonyl (C=O) groups excluding carboxylic acids is 1. The standard InChI is InChI=1S/C15H21NO2/c1-12(2)9-10-14(15(17)18-3)16-11-13-7-5-4-6-8-13/h4-10,12,14,16H,11H2,1-3H3/b10-9-/t14-/m1/s1. The van der Waals surface area contributed by atoms with Crippen molar-refractivity contribution in [2.45, 2.75) is 26.4 Å². The lowest BCUT2D eigenvalue weighted by atomic mass is 10.1. The van der Waals surface area contributed by atoms with Crippen LogP contribution in [0, 0.1) is 5.92 Å². The number of ether oxygens (including phenoxy) is 1. The van der Waals surface area contributed by atoms with Gasteiger partial charge in [-0.15, -0.1) is 0 Å². The third kappa shape index (κ3) is 5.15. The number of methoxy groups -OCH3 is 1. The van der Waals surface area contributed by atoms with Crippen LogP contribution in [-0.2, 0) is 16.1 Å². The fraction of sp³-hybridized carbons (Fsp3) is 0.400. The first kappa shape index (κ1) is 14.5. The molecular weight excluding hydrogens is 226 g/mol.